The van der Waals surface area contributed by atoms with Crippen LogP contribution < -0.4 is 0 Å². The smallest absolute Gasteiger partial charge is 0.160 e. The highest BCUT2D eigenvalue weighted by Crippen LogP contribution is 2.48. The van der Waals surface area contributed by atoms with Crippen LogP contribution in [0.25, 0.3) is 243 Å². The maximum Gasteiger partial charge on any atom is 0.160 e. The molecule has 0 aliphatic rings. The van der Waals surface area contributed by atoms with Crippen molar-refractivity contribution in [1.82, 2.24) is 32.8 Å². The lowest BCUT2D eigenvalue weighted by Gasteiger charge is -2.11. The van der Waals surface area contributed by atoms with Crippen LogP contribution in [-0.4, -0.2) is 32.8 Å². The van der Waals surface area contributed by atoms with Crippen molar-refractivity contribution in [2.24, 2.45) is 0 Å². The van der Waals surface area contributed by atoms with E-state index < -0.39 is 0 Å². The van der Waals surface area contributed by atoms with Gasteiger partial charge in [0.2, 0.25) is 0 Å². The second-order valence-corrected chi connectivity index (χ2v) is 36.2. The SMILES string of the molecule is c1ccc(-c2cc(-c3ccccc3)nc(-c3ccc(-n4c5ccccc5c5cc(-c6cccc7c6sc6ccccc67)ccc54)cc3)n2)cc1.c1ccc(-n2c3ccc(-n4c5ccccc5c5ccccc54)cc3c3ccc4c5ccccc5sc4c32)cc1.c1ccc(-n2c3ccccc3c3cc(-n4c5ccccc5c5cc6c(cc54)sc4ccccc46)ccc32)cc1. The molecular formula is C118H73N7S3. The molecular weight excluding hydrogens is 1610 g/mol. The number of hydrogen-bond acceptors (Lipinski definition) is 5. The molecule has 598 valence electrons. The molecule has 0 bridgehead atoms. The molecule has 0 amide bonds. The minimum absolute atomic E-state index is 0.707. The van der Waals surface area contributed by atoms with Crippen LogP contribution in [-0.2, 0) is 0 Å². The third kappa shape index (κ3) is 11.8. The van der Waals surface area contributed by atoms with Crippen LogP contribution in [0.5, 0.6) is 0 Å². The first-order valence-corrected chi connectivity index (χ1v) is 45.9. The summed E-state index contributed by atoms with van der Waals surface area (Å²) >= 11 is 5.65. The first-order chi connectivity index (χ1) is 63.5. The quantitative estimate of drug-likeness (QED) is 0.145. The minimum Gasteiger partial charge on any atom is -0.309 e. The molecule has 0 aliphatic carbocycles. The Kier molecular flexibility index (Phi) is 17.1. The molecule has 0 spiro atoms. The lowest BCUT2D eigenvalue weighted by molar-refractivity contribution is 1.16. The normalized spacial score (nSPS) is 11.9. The van der Waals surface area contributed by atoms with Gasteiger partial charge in [-0.2, -0.15) is 0 Å². The summed E-state index contributed by atoms with van der Waals surface area (Å²) in [5, 5.41) is 20.7. The number of hydrogen-bond donors (Lipinski definition) is 0. The molecule has 10 heteroatoms. The molecule has 0 unspecified atom stereocenters. The van der Waals surface area contributed by atoms with Crippen LogP contribution >= 0.6 is 34.0 Å². The van der Waals surface area contributed by atoms with Crippen LogP contribution in [0.2, 0.25) is 0 Å². The van der Waals surface area contributed by atoms with Gasteiger partial charge in [0.25, 0.3) is 0 Å². The average Bonchev–Trinajstić information content (AvgIpc) is 1.57. The van der Waals surface area contributed by atoms with E-state index in [0.29, 0.717) is 5.82 Å². The summed E-state index contributed by atoms with van der Waals surface area (Å²) in [7, 11) is 0. The zero-order valence-corrected chi connectivity index (χ0v) is 71.5. The van der Waals surface area contributed by atoms with Crippen LogP contribution in [0.3, 0.4) is 0 Å². The van der Waals surface area contributed by atoms with E-state index >= 15 is 0 Å². The highest BCUT2D eigenvalue weighted by Gasteiger charge is 2.24. The highest BCUT2D eigenvalue weighted by atomic mass is 32.1. The summed E-state index contributed by atoms with van der Waals surface area (Å²) in [5.41, 5.74) is 25.5. The third-order valence-electron chi connectivity index (χ3n) is 25.8. The molecule has 0 fully saturated rings. The van der Waals surface area contributed by atoms with Gasteiger partial charge in [-0.05, 0) is 175 Å². The van der Waals surface area contributed by atoms with E-state index in [1.807, 2.05) is 70.4 Å². The predicted octanol–water partition coefficient (Wildman–Crippen LogP) is 33.1. The van der Waals surface area contributed by atoms with Gasteiger partial charge in [-0.15, -0.1) is 34.0 Å². The summed E-state index contributed by atoms with van der Waals surface area (Å²) in [6.45, 7) is 0. The van der Waals surface area contributed by atoms with Crippen molar-refractivity contribution in [3.05, 3.63) is 443 Å². The lowest BCUT2D eigenvalue weighted by Crippen LogP contribution is -1.97. The molecule has 28 aromatic rings. The Hall–Kier alpha value is -16.1. The molecule has 19 aromatic carbocycles. The maximum absolute atomic E-state index is 5.05. The summed E-state index contributed by atoms with van der Waals surface area (Å²) < 4.78 is 20.1. The Morgan fingerprint density at radius 2 is 0.508 bits per heavy atom. The molecule has 0 saturated carbocycles. The zero-order chi connectivity index (χ0) is 84.0. The van der Waals surface area contributed by atoms with Gasteiger partial charge in [0.1, 0.15) is 0 Å². The molecule has 9 heterocycles. The monoisotopic (exact) mass is 1680 g/mol. The molecule has 9 aromatic heterocycles. The number of benzene rings is 19. The fourth-order valence-corrected chi connectivity index (χ4v) is 23.7. The molecule has 0 atom stereocenters. The lowest BCUT2D eigenvalue weighted by atomic mass is 10.0. The molecule has 28 rings (SSSR count). The Balaban J connectivity index is 0.000000103. The molecule has 7 nitrogen and oxygen atoms in total. The van der Waals surface area contributed by atoms with Gasteiger partial charge in [-0.1, -0.05) is 279 Å². The highest BCUT2D eigenvalue weighted by molar-refractivity contribution is 7.27. The van der Waals surface area contributed by atoms with Crippen molar-refractivity contribution < 1.29 is 0 Å². The van der Waals surface area contributed by atoms with Gasteiger partial charge in [0, 0.05) is 155 Å². The number of para-hydroxylation sites is 7. The first kappa shape index (κ1) is 73.5. The summed E-state index contributed by atoms with van der Waals surface area (Å²) in [6, 6.07) is 160. The zero-order valence-electron chi connectivity index (χ0n) is 69.0. The second-order valence-electron chi connectivity index (χ2n) is 33.0. The fraction of sp³-hybridized carbons (Fsp3) is 0. The van der Waals surface area contributed by atoms with Gasteiger partial charge in [-0.25, -0.2) is 9.97 Å². The largest absolute Gasteiger partial charge is 0.309 e. The third-order valence-corrected chi connectivity index (χ3v) is 29.4. The Bertz CT molecular complexity index is 9220. The fourth-order valence-electron chi connectivity index (χ4n) is 20.1. The van der Waals surface area contributed by atoms with Crippen molar-refractivity contribution in [2.75, 3.05) is 0 Å². The van der Waals surface area contributed by atoms with Crippen molar-refractivity contribution in [1.29, 1.82) is 0 Å². The van der Waals surface area contributed by atoms with E-state index in [2.05, 4.69) is 429 Å². The van der Waals surface area contributed by atoms with E-state index in [1.165, 1.54) is 203 Å². The van der Waals surface area contributed by atoms with Crippen molar-refractivity contribution >= 4 is 204 Å². The van der Waals surface area contributed by atoms with Gasteiger partial charge in [-0.3, -0.25) is 0 Å². The van der Waals surface area contributed by atoms with Crippen LogP contribution in [0.15, 0.2) is 443 Å². The van der Waals surface area contributed by atoms with Crippen molar-refractivity contribution in [3.63, 3.8) is 0 Å². The number of rotatable bonds is 9. The van der Waals surface area contributed by atoms with Gasteiger partial charge < -0.3 is 22.8 Å². The van der Waals surface area contributed by atoms with E-state index in [0.717, 1.165) is 33.8 Å². The Morgan fingerprint density at radius 3 is 1.04 bits per heavy atom. The summed E-state index contributed by atoms with van der Waals surface area (Å²) in [4.78, 5) is 10.1. The average molecular weight is 1690 g/mol. The Morgan fingerprint density at radius 1 is 0.164 bits per heavy atom. The maximum atomic E-state index is 5.05. The van der Waals surface area contributed by atoms with Crippen LogP contribution in [0.1, 0.15) is 0 Å². The second kappa shape index (κ2) is 29.8. The van der Waals surface area contributed by atoms with Crippen molar-refractivity contribution in [3.8, 4) is 73.5 Å². The van der Waals surface area contributed by atoms with Gasteiger partial charge in [0.15, 0.2) is 5.82 Å². The van der Waals surface area contributed by atoms with E-state index in [4.69, 9.17) is 9.97 Å². The van der Waals surface area contributed by atoms with E-state index in [-0.39, 0.29) is 0 Å². The predicted molar refractivity (Wildman–Crippen MR) is 547 cm³/mol. The molecule has 0 radical (unpaired) electrons. The first-order valence-electron chi connectivity index (χ1n) is 43.4. The number of aromatic nitrogens is 7. The molecule has 0 N–H and O–H groups in total. The summed E-state index contributed by atoms with van der Waals surface area (Å²) in [5.74, 6) is 0.707. The van der Waals surface area contributed by atoms with Crippen LogP contribution in [0.4, 0.5) is 0 Å². The topological polar surface area (TPSA) is 50.4 Å². The standard InChI is InChI=1S/C46H29N3S.2C36H22N2S/c1-3-12-30(13-4-1)40-29-41(31-14-5-2-6-15-31)48-46(47-40)32-22-25-34(26-23-32)49-42-20-9-7-16-36(42)39-28-33(24-27-43(39)49)35-18-11-19-38-37-17-8-10-21-44(37)50-45(35)38;1-2-10-23(11-3-1)38-33-21-18-24(37-31-15-7-4-12-25(31)26-13-5-8-16-32(26)37)22-30(33)28-19-20-29-27-14-6-9-17-34(27)39-36(29)35(28)38;1-2-10-23(11-3-1)37-31-15-7-4-12-25(31)28-20-24(18-19-33(28)37)38-32-16-8-5-13-26(32)29-21-30-27-14-6-9-17-35(27)39-36(30)22-34(29)38/h1-29H;2*1-22H. The molecule has 0 saturated heterocycles. The molecule has 0 aliphatic heterocycles. The van der Waals surface area contributed by atoms with Crippen molar-refractivity contribution in [2.45, 2.75) is 0 Å². The number of nitrogens with zero attached hydrogens (tertiary/aromatic N) is 7. The van der Waals surface area contributed by atoms with Crippen LogP contribution in [0, 0.1) is 0 Å². The minimum atomic E-state index is 0.707. The number of thiophene rings is 3. The van der Waals surface area contributed by atoms with E-state index in [1.54, 1.807) is 0 Å². The Labute approximate surface area is 746 Å². The van der Waals surface area contributed by atoms with Gasteiger partial charge >= 0.3 is 0 Å². The number of fused-ring (bicyclic) bond motifs is 25. The van der Waals surface area contributed by atoms with E-state index in [9.17, 15) is 0 Å². The van der Waals surface area contributed by atoms with Gasteiger partial charge in [0.05, 0.1) is 71.3 Å². The summed E-state index contributed by atoms with van der Waals surface area (Å²) in [6.07, 6.45) is 0. The molecule has 128 heavy (non-hydrogen) atoms.